The third-order valence-corrected chi connectivity index (χ3v) is 3.77. The SMILES string of the molecule is O=C(O)/C=C/c1cccc(OCC(=O)c2cccc(NC3=NCCN3)c2)c1. The lowest BCUT2D eigenvalue weighted by Crippen LogP contribution is -2.26. The lowest BCUT2D eigenvalue weighted by atomic mass is 10.1. The maximum absolute atomic E-state index is 12.4. The summed E-state index contributed by atoms with van der Waals surface area (Å²) in [4.78, 5) is 27.3. The van der Waals surface area contributed by atoms with E-state index in [9.17, 15) is 9.59 Å². The smallest absolute Gasteiger partial charge is 0.328 e. The number of guanidine groups is 1. The van der Waals surface area contributed by atoms with Crippen molar-refractivity contribution in [2.24, 2.45) is 4.99 Å². The number of rotatable bonds is 7. The Morgan fingerprint density at radius 3 is 2.85 bits per heavy atom. The fourth-order valence-electron chi connectivity index (χ4n) is 2.50. The van der Waals surface area contributed by atoms with Gasteiger partial charge in [-0.15, -0.1) is 0 Å². The van der Waals surface area contributed by atoms with Gasteiger partial charge in [-0.25, -0.2) is 4.79 Å². The van der Waals surface area contributed by atoms with Crippen LogP contribution >= 0.6 is 0 Å². The van der Waals surface area contributed by atoms with Gasteiger partial charge in [0, 0.05) is 23.9 Å². The maximum Gasteiger partial charge on any atom is 0.328 e. The highest BCUT2D eigenvalue weighted by atomic mass is 16.5. The molecule has 0 bridgehead atoms. The summed E-state index contributed by atoms with van der Waals surface area (Å²) >= 11 is 0. The van der Waals surface area contributed by atoms with Crippen LogP contribution in [0, 0.1) is 0 Å². The predicted molar refractivity (Wildman–Crippen MR) is 103 cm³/mol. The van der Waals surface area contributed by atoms with Gasteiger partial charge < -0.3 is 20.5 Å². The number of carbonyl (C=O) groups excluding carboxylic acids is 1. The van der Waals surface area contributed by atoms with E-state index >= 15 is 0 Å². The number of aliphatic carboxylic acids is 1. The van der Waals surface area contributed by atoms with Gasteiger partial charge in [0.15, 0.2) is 18.3 Å². The lowest BCUT2D eigenvalue weighted by molar-refractivity contribution is -0.131. The zero-order valence-electron chi connectivity index (χ0n) is 14.5. The van der Waals surface area contributed by atoms with Crippen LogP contribution in [0.1, 0.15) is 15.9 Å². The first-order chi connectivity index (χ1) is 13.1. The molecular formula is C20H19N3O4. The minimum Gasteiger partial charge on any atom is -0.485 e. The molecule has 0 unspecified atom stereocenters. The number of carbonyl (C=O) groups is 2. The molecular weight excluding hydrogens is 346 g/mol. The lowest BCUT2D eigenvalue weighted by Gasteiger charge is -2.09. The van der Waals surface area contributed by atoms with Gasteiger partial charge in [-0.05, 0) is 35.9 Å². The normalized spacial score (nSPS) is 13.1. The van der Waals surface area contributed by atoms with Crippen LogP contribution in [-0.2, 0) is 4.79 Å². The van der Waals surface area contributed by atoms with Crippen LogP contribution in [0.3, 0.4) is 0 Å². The number of ether oxygens (including phenoxy) is 1. The van der Waals surface area contributed by atoms with Crippen LogP contribution in [0.25, 0.3) is 6.08 Å². The molecule has 2 aromatic carbocycles. The molecule has 27 heavy (non-hydrogen) atoms. The van der Waals surface area contributed by atoms with E-state index in [1.165, 1.54) is 6.08 Å². The van der Waals surface area contributed by atoms with Crippen LogP contribution < -0.4 is 15.4 Å². The van der Waals surface area contributed by atoms with Crippen molar-refractivity contribution >= 4 is 29.5 Å². The second-order valence-corrected chi connectivity index (χ2v) is 5.82. The molecule has 0 aromatic heterocycles. The minimum absolute atomic E-state index is 0.116. The monoisotopic (exact) mass is 365 g/mol. The second-order valence-electron chi connectivity index (χ2n) is 5.82. The van der Waals surface area contributed by atoms with Crippen molar-refractivity contribution in [3.05, 3.63) is 65.7 Å². The van der Waals surface area contributed by atoms with E-state index in [0.29, 0.717) is 22.8 Å². The number of benzene rings is 2. The Hall–Kier alpha value is -3.61. The zero-order chi connectivity index (χ0) is 19.1. The Bertz CT molecular complexity index is 906. The Kier molecular flexibility index (Phi) is 5.84. The number of hydrogen-bond donors (Lipinski definition) is 3. The number of carboxylic acid groups (broad SMARTS) is 1. The summed E-state index contributed by atoms with van der Waals surface area (Å²) in [6.45, 7) is 1.42. The molecule has 0 radical (unpaired) electrons. The molecule has 7 heteroatoms. The van der Waals surface area contributed by atoms with Gasteiger partial charge in [0.1, 0.15) is 5.75 Å². The summed E-state index contributed by atoms with van der Waals surface area (Å²) in [5, 5.41) is 14.9. The molecule has 3 N–H and O–H groups in total. The Morgan fingerprint density at radius 2 is 2.07 bits per heavy atom. The van der Waals surface area contributed by atoms with Crippen LogP contribution in [0.4, 0.5) is 5.69 Å². The van der Waals surface area contributed by atoms with E-state index < -0.39 is 5.97 Å². The molecule has 1 heterocycles. The van der Waals surface area contributed by atoms with Crippen LogP contribution in [-0.4, -0.2) is 42.5 Å². The molecule has 1 aliphatic rings. The third-order valence-electron chi connectivity index (χ3n) is 3.77. The molecule has 0 atom stereocenters. The van der Waals surface area contributed by atoms with Crippen molar-refractivity contribution in [3.8, 4) is 5.75 Å². The molecule has 0 fully saturated rings. The van der Waals surface area contributed by atoms with E-state index in [0.717, 1.165) is 24.9 Å². The van der Waals surface area contributed by atoms with Crippen LogP contribution in [0.2, 0.25) is 0 Å². The van der Waals surface area contributed by atoms with Gasteiger partial charge in [0.25, 0.3) is 0 Å². The highest BCUT2D eigenvalue weighted by Crippen LogP contribution is 2.16. The number of carboxylic acids is 1. The van der Waals surface area contributed by atoms with Gasteiger partial charge >= 0.3 is 5.97 Å². The summed E-state index contributed by atoms with van der Waals surface area (Å²) < 4.78 is 5.56. The van der Waals surface area contributed by atoms with Crippen molar-refractivity contribution in [1.82, 2.24) is 5.32 Å². The average Bonchev–Trinajstić information content (AvgIpc) is 3.18. The first-order valence-electron chi connectivity index (χ1n) is 8.43. The third kappa shape index (κ3) is 5.43. The summed E-state index contributed by atoms with van der Waals surface area (Å²) in [6.07, 6.45) is 2.51. The van der Waals surface area contributed by atoms with Gasteiger partial charge in [-0.2, -0.15) is 0 Å². The predicted octanol–water partition coefficient (Wildman–Crippen LogP) is 2.42. The van der Waals surface area contributed by atoms with E-state index in [1.807, 2.05) is 6.07 Å². The van der Waals surface area contributed by atoms with Crippen molar-refractivity contribution in [2.75, 3.05) is 25.0 Å². The summed E-state index contributed by atoms with van der Waals surface area (Å²) in [5.41, 5.74) is 1.98. The Labute approximate surface area is 156 Å². The zero-order valence-corrected chi connectivity index (χ0v) is 14.5. The number of Topliss-reactive ketones (excluding diaryl/α,β-unsaturated/α-hetero) is 1. The Morgan fingerprint density at radius 1 is 1.22 bits per heavy atom. The topological polar surface area (TPSA) is 100 Å². The molecule has 0 spiro atoms. The van der Waals surface area contributed by atoms with Gasteiger partial charge in [-0.1, -0.05) is 24.3 Å². The summed E-state index contributed by atoms with van der Waals surface area (Å²) in [6, 6.07) is 14.0. The standard InChI is InChI=1S/C20H19N3O4/c24-18(13-27-17-6-1-3-14(11-17)7-8-19(25)26)15-4-2-5-16(12-15)23-20-21-9-10-22-20/h1-8,11-12H,9-10,13H2,(H,25,26)(H2,21,22,23)/b8-7+. The van der Waals surface area contributed by atoms with Crippen molar-refractivity contribution in [2.45, 2.75) is 0 Å². The molecule has 2 aromatic rings. The van der Waals surface area contributed by atoms with Crippen molar-refractivity contribution in [1.29, 1.82) is 0 Å². The van der Waals surface area contributed by atoms with Gasteiger partial charge in [0.2, 0.25) is 0 Å². The van der Waals surface area contributed by atoms with E-state index in [4.69, 9.17) is 9.84 Å². The average molecular weight is 365 g/mol. The maximum atomic E-state index is 12.4. The number of nitrogens with one attached hydrogen (secondary N) is 2. The molecule has 0 saturated carbocycles. The first-order valence-corrected chi connectivity index (χ1v) is 8.43. The van der Waals surface area contributed by atoms with Crippen molar-refractivity contribution < 1.29 is 19.4 Å². The fourth-order valence-corrected chi connectivity index (χ4v) is 2.50. The van der Waals surface area contributed by atoms with E-state index in [1.54, 1.807) is 42.5 Å². The molecule has 138 valence electrons. The number of hydrogen-bond acceptors (Lipinski definition) is 6. The molecule has 0 saturated heterocycles. The molecule has 0 aliphatic carbocycles. The quantitative estimate of drug-likeness (QED) is 0.515. The number of anilines is 1. The largest absolute Gasteiger partial charge is 0.485 e. The first kappa shape index (κ1) is 18.2. The van der Waals surface area contributed by atoms with Gasteiger partial charge in [-0.3, -0.25) is 9.79 Å². The number of nitrogens with zero attached hydrogens (tertiary/aromatic N) is 1. The van der Waals surface area contributed by atoms with E-state index in [-0.39, 0.29) is 12.4 Å². The minimum atomic E-state index is -1.02. The number of aliphatic imine (C=N–C) groups is 1. The molecule has 7 nitrogen and oxygen atoms in total. The Balaban J connectivity index is 1.61. The second kappa shape index (κ2) is 8.66. The molecule has 1 aliphatic heterocycles. The fraction of sp³-hybridized carbons (Fsp3) is 0.150. The summed E-state index contributed by atoms with van der Waals surface area (Å²) in [7, 11) is 0. The highest BCUT2D eigenvalue weighted by Gasteiger charge is 2.10. The van der Waals surface area contributed by atoms with Crippen molar-refractivity contribution in [3.63, 3.8) is 0 Å². The molecule has 0 amide bonds. The molecule has 3 rings (SSSR count). The van der Waals surface area contributed by atoms with Crippen LogP contribution in [0.5, 0.6) is 5.75 Å². The van der Waals surface area contributed by atoms with Gasteiger partial charge in [0.05, 0.1) is 6.54 Å². The highest BCUT2D eigenvalue weighted by molar-refractivity contribution is 6.00. The number of ketones is 1. The van der Waals surface area contributed by atoms with Crippen LogP contribution in [0.15, 0.2) is 59.6 Å². The summed E-state index contributed by atoms with van der Waals surface area (Å²) in [5.74, 6) is 0.00645. The van der Waals surface area contributed by atoms with E-state index in [2.05, 4.69) is 15.6 Å².